The molecule has 82 heavy (non-hydrogen) atoms. The van der Waals surface area contributed by atoms with Gasteiger partial charge in [-0.1, -0.05) is 127 Å². The number of carbonyl (C=O) groups is 1. The number of hydrogen-bond donors (Lipinski definition) is 0. The van der Waals surface area contributed by atoms with Crippen molar-refractivity contribution in [3.05, 3.63) is 187 Å². The molecule has 0 N–H and O–H groups in total. The molecule has 1 unspecified atom stereocenters. The number of Topliss-reactive ketones (excluding diaryl/α,β-unsaturated/α-hetero) is 1. The van der Waals surface area contributed by atoms with Crippen molar-refractivity contribution < 1.29 is 97.5 Å². The number of nitro benzene ring substituents is 1. The zero-order valence-corrected chi connectivity index (χ0v) is 44.1. The fourth-order valence-corrected chi connectivity index (χ4v) is 11.7. The molecule has 6 aromatic rings. The first-order valence-corrected chi connectivity index (χ1v) is 27.0. The monoisotopic (exact) mass is 1210 g/mol. The van der Waals surface area contributed by atoms with Crippen LogP contribution in [0.3, 0.4) is 0 Å². The Kier molecular flexibility index (Phi) is 23.5. The molecule has 0 aromatic heterocycles. The first-order valence-electron chi connectivity index (χ1n) is 25.4. The van der Waals surface area contributed by atoms with Crippen LogP contribution in [0.1, 0.15) is 114 Å². The van der Waals surface area contributed by atoms with Crippen molar-refractivity contribution in [3.8, 4) is 0 Å². The number of unbranched alkanes of at least 4 members (excludes halogenated alkanes) is 12. The lowest BCUT2D eigenvalue weighted by molar-refractivity contribution is -0.385. The number of benzene rings is 6. The maximum absolute atomic E-state index is 15.4. The third-order valence-electron chi connectivity index (χ3n) is 13.6. The number of non-ortho nitro benzene ring substituents is 1. The third-order valence-corrected chi connectivity index (χ3v) is 16.0. The lowest BCUT2D eigenvalue weighted by atomic mass is 9.12. The Bertz CT molecular complexity index is 2900. The van der Waals surface area contributed by atoms with E-state index in [9.17, 15) is 67.6 Å². The van der Waals surface area contributed by atoms with E-state index in [2.05, 4.69) is 13.8 Å². The van der Waals surface area contributed by atoms with Crippen LogP contribution in [0.5, 0.6) is 0 Å². The number of hydrogen-bond acceptors (Lipinski definition) is 3. The molecule has 0 radical (unpaired) electrons. The van der Waals surface area contributed by atoms with E-state index >= 15 is 35.1 Å². The fraction of sp³-hybridized carbons (Fsp3) is 0.339. The molecule has 0 aliphatic carbocycles. The summed E-state index contributed by atoms with van der Waals surface area (Å²) in [6, 6.07) is 16.3. The minimum Gasteiger partial charge on any atom is -0.289 e. The molecule has 0 saturated carbocycles. The molecule has 0 spiro atoms. The molecule has 0 saturated heterocycles. The van der Waals surface area contributed by atoms with Crippen LogP contribution < -0.4 is 21.9 Å². The van der Waals surface area contributed by atoms with Gasteiger partial charge in [0.05, 0.1) is 11.0 Å². The van der Waals surface area contributed by atoms with E-state index in [-0.39, 0.29) is 27.3 Å². The van der Waals surface area contributed by atoms with Crippen molar-refractivity contribution in [3.63, 3.8) is 0 Å². The molecule has 0 amide bonds. The summed E-state index contributed by atoms with van der Waals surface area (Å²) in [6.45, 7) is 4.62. The Morgan fingerprint density at radius 1 is 0.415 bits per heavy atom. The van der Waals surface area contributed by atoms with Crippen LogP contribution >= 0.6 is 0 Å². The number of nitro groups is 1. The van der Waals surface area contributed by atoms with Crippen LogP contribution in [0.2, 0.25) is 0 Å². The first kappa shape index (κ1) is 66.2. The molecule has 0 heterocycles. The third kappa shape index (κ3) is 14.1. The van der Waals surface area contributed by atoms with Crippen molar-refractivity contribution in [2.24, 2.45) is 5.92 Å². The van der Waals surface area contributed by atoms with E-state index in [4.69, 9.17) is 0 Å². The summed E-state index contributed by atoms with van der Waals surface area (Å²) in [5, 5.41) is 11.3. The Labute approximate surface area is 459 Å². The van der Waals surface area contributed by atoms with E-state index in [0.717, 1.165) is 35.0 Å². The normalized spacial score (nSPS) is 12.0. The molecule has 0 aliphatic rings. The predicted molar refractivity (Wildman–Crippen MR) is 268 cm³/mol. The van der Waals surface area contributed by atoms with Crippen LogP contribution in [0, 0.1) is 132 Å². The molecule has 6 rings (SSSR count). The van der Waals surface area contributed by atoms with Crippen molar-refractivity contribution >= 4 is 50.4 Å². The van der Waals surface area contributed by atoms with E-state index in [1.807, 2.05) is 36.4 Å². The zero-order chi connectivity index (χ0) is 61.1. The van der Waals surface area contributed by atoms with Crippen LogP contribution in [0.15, 0.2) is 59.5 Å². The van der Waals surface area contributed by atoms with Gasteiger partial charge in [-0.15, -0.1) is 21.9 Å². The van der Waals surface area contributed by atoms with Crippen molar-refractivity contribution in [1.29, 1.82) is 0 Å². The molecule has 444 valence electrons. The van der Waals surface area contributed by atoms with Crippen LogP contribution in [-0.2, 0) is 10.9 Å². The smallest absolute Gasteiger partial charge is 0.274 e. The molecule has 26 heteroatoms. The Morgan fingerprint density at radius 2 is 0.707 bits per heavy atom. The topological polar surface area (TPSA) is 60.2 Å². The van der Waals surface area contributed by atoms with Gasteiger partial charge in [-0.3, -0.25) is 14.9 Å². The summed E-state index contributed by atoms with van der Waals surface area (Å²) < 4.78 is 294. The molecule has 0 fully saturated rings. The Hall–Kier alpha value is -6.60. The van der Waals surface area contributed by atoms with Gasteiger partial charge in [-0.25, -0.2) is 87.8 Å². The van der Waals surface area contributed by atoms with Gasteiger partial charge < -0.3 is 0 Å². The number of nitrogens with zero attached hydrogens (tertiary/aromatic N) is 1. The van der Waals surface area contributed by atoms with Gasteiger partial charge in [0.25, 0.3) is 5.69 Å². The standard InChI is InChI=1S/C32H48NO3S.C24BF20/c1-28(2)20-15-12-10-8-6-4-3-5-7-9-11-13-18-25-37(27-32(34)29-21-16-14-17-22-29)31-24-19-23-30(26-31)33(35)36;26-5-1(6(27)14(35)21(42)13(5)34)25(2-7(28)15(36)22(43)16(37)8(2)29,3-9(30)17(38)23(44)18(39)10(3)31)4-11(32)19(40)24(45)20(41)12(4)33/h14,16-17,19,21-24,26,28H,3-13,15,18,20,25,27H2,1-2H3;/q+1;-1. The van der Waals surface area contributed by atoms with Gasteiger partial charge in [0, 0.05) is 22.5 Å². The average Bonchev–Trinajstić information content (AvgIpc) is 0.748. The summed E-state index contributed by atoms with van der Waals surface area (Å²) in [5.74, 6) is -69.1. The highest BCUT2D eigenvalue weighted by molar-refractivity contribution is 7.97. The highest BCUT2D eigenvalue weighted by Crippen LogP contribution is 2.32. The molecule has 0 bridgehead atoms. The predicted octanol–water partition coefficient (Wildman–Crippen LogP) is 15.4. The highest BCUT2D eigenvalue weighted by Gasteiger charge is 2.52. The van der Waals surface area contributed by atoms with Crippen LogP contribution in [0.25, 0.3) is 0 Å². The van der Waals surface area contributed by atoms with Gasteiger partial charge in [-0.2, -0.15) is 0 Å². The number of carbonyl (C=O) groups excluding carboxylic acids is 1. The highest BCUT2D eigenvalue weighted by atomic mass is 32.2. The van der Waals surface area contributed by atoms with E-state index < -0.39 is 144 Å². The summed E-state index contributed by atoms with van der Waals surface area (Å²) in [5.41, 5.74) is -13.5. The van der Waals surface area contributed by atoms with Gasteiger partial charge in [-0.05, 0) is 24.8 Å². The average molecular weight is 1210 g/mol. The minimum atomic E-state index is -7.22. The Balaban J connectivity index is 0.000000307. The molecule has 0 aliphatic heterocycles. The molecular weight excluding hydrogens is 1160 g/mol. The van der Waals surface area contributed by atoms with Crippen molar-refractivity contribution in [2.45, 2.75) is 109 Å². The van der Waals surface area contributed by atoms with Crippen LogP contribution in [0.4, 0.5) is 93.5 Å². The summed E-state index contributed by atoms with van der Waals surface area (Å²) >= 11 is 0. The van der Waals surface area contributed by atoms with Gasteiger partial charge >= 0.3 is 0 Å². The summed E-state index contributed by atoms with van der Waals surface area (Å²) in [6.07, 6.45) is 11.3. The van der Waals surface area contributed by atoms with Gasteiger partial charge in [0.15, 0.2) is 80.5 Å². The van der Waals surface area contributed by atoms with E-state index in [0.29, 0.717) is 5.75 Å². The number of ketones is 1. The van der Waals surface area contributed by atoms with Crippen molar-refractivity contribution in [1.82, 2.24) is 0 Å². The van der Waals surface area contributed by atoms with Gasteiger partial charge in [0.1, 0.15) is 58.4 Å². The quantitative estimate of drug-likeness (QED) is 0.00660. The largest absolute Gasteiger partial charge is 0.289 e. The zero-order valence-electron chi connectivity index (χ0n) is 43.3. The van der Waals surface area contributed by atoms with E-state index in [1.165, 1.54) is 83.1 Å². The lowest BCUT2D eigenvalue weighted by Crippen LogP contribution is -2.81. The molecule has 6 aromatic carbocycles. The van der Waals surface area contributed by atoms with Crippen LogP contribution in [-0.4, -0.2) is 28.4 Å². The molecule has 1 atom stereocenters. The summed E-state index contributed by atoms with van der Waals surface area (Å²) in [4.78, 5) is 24.8. The molecule has 4 nitrogen and oxygen atoms in total. The first-order chi connectivity index (χ1) is 38.7. The van der Waals surface area contributed by atoms with Crippen molar-refractivity contribution in [2.75, 3.05) is 11.5 Å². The second-order valence-corrected chi connectivity index (χ2v) is 21.6. The van der Waals surface area contributed by atoms with Gasteiger partial charge in [0.2, 0.25) is 5.78 Å². The number of halogens is 20. The second kappa shape index (κ2) is 29.1. The molecular formula is C56H48BF20NO3S. The maximum Gasteiger partial charge on any atom is 0.274 e. The minimum absolute atomic E-state index is 0.105. The SMILES string of the molecule is CC(C)CCCCCCCCCCCCCCC[S+](CC(=O)c1ccccc1)c1cccc([N+](=O)[O-])c1.Fc1c(F)c(F)c([B-](c2c(F)c(F)c(F)c(F)c2F)(c2c(F)c(F)c(F)c(F)c2F)c2c(F)c(F)c(F)c(F)c2F)c(F)c1F. The fourth-order valence-electron chi connectivity index (χ4n) is 9.56. The Morgan fingerprint density at radius 3 is 1.01 bits per heavy atom. The summed E-state index contributed by atoms with van der Waals surface area (Å²) in [7, 11) is -0.318. The van der Waals surface area contributed by atoms with E-state index in [1.54, 1.807) is 12.1 Å². The maximum atomic E-state index is 15.4. The lowest BCUT2D eigenvalue weighted by Gasteiger charge is -2.44. The second-order valence-electron chi connectivity index (χ2n) is 19.5. The number of rotatable bonds is 25.